The summed E-state index contributed by atoms with van der Waals surface area (Å²) in [7, 11) is 1.27. The molecule has 0 amide bonds. The number of allylic oxidation sites excluding steroid dienone is 1. The molecule has 1 heterocycles. The summed E-state index contributed by atoms with van der Waals surface area (Å²) >= 11 is 0. The normalized spacial score (nSPS) is 20.5. The van der Waals surface area contributed by atoms with Crippen molar-refractivity contribution in [3.63, 3.8) is 0 Å². The summed E-state index contributed by atoms with van der Waals surface area (Å²) in [5.74, 6) is -1.57. The molecule has 5 heteroatoms. The zero-order valence-corrected chi connectivity index (χ0v) is 8.83. The van der Waals surface area contributed by atoms with E-state index in [4.69, 9.17) is 5.11 Å². The second kappa shape index (κ2) is 4.16. The van der Waals surface area contributed by atoms with Crippen molar-refractivity contribution in [1.29, 1.82) is 0 Å². The van der Waals surface area contributed by atoms with E-state index in [2.05, 4.69) is 10.1 Å². The number of nitrogens with one attached hydrogen (secondary N) is 1. The third kappa shape index (κ3) is 2.18. The van der Waals surface area contributed by atoms with E-state index in [0.717, 1.165) is 0 Å². The van der Waals surface area contributed by atoms with E-state index >= 15 is 0 Å². The van der Waals surface area contributed by atoms with E-state index in [1.165, 1.54) is 13.2 Å². The highest BCUT2D eigenvalue weighted by Gasteiger charge is 2.25. The Kier molecular flexibility index (Phi) is 3.14. The van der Waals surface area contributed by atoms with E-state index in [1.54, 1.807) is 13.8 Å². The quantitative estimate of drug-likeness (QED) is 0.648. The van der Waals surface area contributed by atoms with Gasteiger partial charge in [0, 0.05) is 5.70 Å². The zero-order valence-electron chi connectivity index (χ0n) is 8.83. The van der Waals surface area contributed by atoms with Crippen molar-refractivity contribution in [2.24, 2.45) is 0 Å². The Morgan fingerprint density at radius 1 is 1.53 bits per heavy atom. The van der Waals surface area contributed by atoms with Gasteiger partial charge >= 0.3 is 11.9 Å². The van der Waals surface area contributed by atoms with Crippen LogP contribution >= 0.6 is 0 Å². The van der Waals surface area contributed by atoms with Gasteiger partial charge in [-0.1, -0.05) is 0 Å². The number of carboxylic acids is 1. The maximum absolute atomic E-state index is 11.3. The van der Waals surface area contributed by atoms with Crippen LogP contribution in [0.2, 0.25) is 0 Å². The maximum Gasteiger partial charge on any atom is 0.337 e. The number of carbonyl (C=O) groups is 2. The SMILES string of the molecule is COC(=O)C1=CC(C(=O)O)=C(C)NC1C. The van der Waals surface area contributed by atoms with E-state index in [9.17, 15) is 9.59 Å². The average molecular weight is 211 g/mol. The number of ether oxygens (including phenoxy) is 1. The molecule has 0 saturated carbocycles. The van der Waals surface area contributed by atoms with E-state index in [-0.39, 0.29) is 11.6 Å². The van der Waals surface area contributed by atoms with Crippen LogP contribution in [0.3, 0.4) is 0 Å². The van der Waals surface area contributed by atoms with Crippen LogP contribution < -0.4 is 5.32 Å². The van der Waals surface area contributed by atoms with Gasteiger partial charge in [0.1, 0.15) is 0 Å². The van der Waals surface area contributed by atoms with Gasteiger partial charge in [0.05, 0.1) is 24.3 Å². The van der Waals surface area contributed by atoms with Gasteiger partial charge in [-0.15, -0.1) is 0 Å². The molecule has 0 radical (unpaired) electrons. The zero-order chi connectivity index (χ0) is 11.6. The molecule has 0 aliphatic carbocycles. The van der Waals surface area contributed by atoms with Crippen LogP contribution in [-0.4, -0.2) is 30.2 Å². The van der Waals surface area contributed by atoms with Gasteiger partial charge < -0.3 is 15.2 Å². The van der Waals surface area contributed by atoms with Crippen LogP contribution in [0.15, 0.2) is 22.9 Å². The monoisotopic (exact) mass is 211 g/mol. The van der Waals surface area contributed by atoms with Gasteiger partial charge in [-0.3, -0.25) is 0 Å². The molecule has 0 aromatic rings. The first kappa shape index (κ1) is 11.3. The smallest absolute Gasteiger partial charge is 0.337 e. The third-order valence-corrected chi connectivity index (χ3v) is 2.25. The predicted octanol–water partition coefficient (Wildman–Crippen LogP) is 0.436. The summed E-state index contributed by atoms with van der Waals surface area (Å²) in [6.07, 6.45) is 1.35. The molecular weight excluding hydrogens is 198 g/mol. The number of esters is 1. The lowest BCUT2D eigenvalue weighted by molar-refractivity contribution is -0.136. The molecule has 5 nitrogen and oxygen atoms in total. The van der Waals surface area contributed by atoms with Gasteiger partial charge in [-0.2, -0.15) is 0 Å². The minimum absolute atomic E-state index is 0.0912. The molecule has 0 bridgehead atoms. The van der Waals surface area contributed by atoms with Crippen molar-refractivity contribution in [2.45, 2.75) is 19.9 Å². The highest BCUT2D eigenvalue weighted by molar-refractivity contribution is 5.97. The Labute approximate surface area is 87.4 Å². The molecule has 0 aromatic heterocycles. The standard InChI is InChI=1S/C10H13NO4/c1-5-7(9(12)13)4-8(6(2)11-5)10(14)15-3/h4,6,11H,1-3H3,(H,12,13). The lowest BCUT2D eigenvalue weighted by Crippen LogP contribution is -2.35. The Balaban J connectivity index is 3.11. The van der Waals surface area contributed by atoms with Crippen LogP contribution in [0.4, 0.5) is 0 Å². The number of carbonyl (C=O) groups excluding carboxylic acids is 1. The fourth-order valence-corrected chi connectivity index (χ4v) is 1.44. The van der Waals surface area contributed by atoms with E-state index in [1.807, 2.05) is 0 Å². The van der Waals surface area contributed by atoms with Crippen LogP contribution in [0.1, 0.15) is 13.8 Å². The van der Waals surface area contributed by atoms with Crippen LogP contribution in [0, 0.1) is 0 Å². The molecule has 15 heavy (non-hydrogen) atoms. The fourth-order valence-electron chi connectivity index (χ4n) is 1.44. The first-order valence-corrected chi connectivity index (χ1v) is 4.48. The van der Waals surface area contributed by atoms with E-state index in [0.29, 0.717) is 11.3 Å². The highest BCUT2D eigenvalue weighted by atomic mass is 16.5. The molecular formula is C10H13NO4. The van der Waals surface area contributed by atoms with Gasteiger partial charge in [-0.25, -0.2) is 9.59 Å². The summed E-state index contributed by atoms with van der Waals surface area (Å²) in [6, 6.07) is -0.236. The number of methoxy groups -OCH3 is 1. The molecule has 1 rings (SSSR count). The molecule has 82 valence electrons. The third-order valence-electron chi connectivity index (χ3n) is 2.25. The molecule has 1 aliphatic rings. The summed E-state index contributed by atoms with van der Waals surface area (Å²) < 4.78 is 4.56. The number of rotatable bonds is 2. The summed E-state index contributed by atoms with van der Waals surface area (Å²) in [6.45, 7) is 3.43. The molecule has 2 N–H and O–H groups in total. The Hall–Kier alpha value is -1.78. The van der Waals surface area contributed by atoms with Crippen LogP contribution in [0.5, 0.6) is 0 Å². The van der Waals surface area contributed by atoms with Gasteiger partial charge in [-0.05, 0) is 19.9 Å². The number of carboxylic acid groups (broad SMARTS) is 1. The molecule has 1 unspecified atom stereocenters. The van der Waals surface area contributed by atoms with E-state index < -0.39 is 11.9 Å². The van der Waals surface area contributed by atoms with Crippen LogP contribution in [-0.2, 0) is 14.3 Å². The number of hydrogen-bond acceptors (Lipinski definition) is 4. The van der Waals surface area contributed by atoms with Crippen molar-refractivity contribution in [3.8, 4) is 0 Å². The predicted molar refractivity (Wildman–Crippen MR) is 53.0 cm³/mol. The largest absolute Gasteiger partial charge is 0.478 e. The minimum Gasteiger partial charge on any atom is -0.478 e. The van der Waals surface area contributed by atoms with Crippen molar-refractivity contribution in [3.05, 3.63) is 22.9 Å². The minimum atomic E-state index is -1.06. The Morgan fingerprint density at radius 2 is 2.13 bits per heavy atom. The first-order chi connectivity index (χ1) is 6.97. The van der Waals surface area contributed by atoms with Crippen LogP contribution in [0.25, 0.3) is 0 Å². The Morgan fingerprint density at radius 3 is 2.60 bits per heavy atom. The maximum atomic E-state index is 11.3. The second-order valence-electron chi connectivity index (χ2n) is 3.30. The second-order valence-corrected chi connectivity index (χ2v) is 3.30. The molecule has 0 saturated heterocycles. The molecule has 0 spiro atoms. The molecule has 0 fully saturated rings. The molecule has 1 aliphatic heterocycles. The summed E-state index contributed by atoms with van der Waals surface area (Å²) in [5.41, 5.74) is 0.955. The number of hydrogen-bond donors (Lipinski definition) is 2. The van der Waals surface area contributed by atoms with Crippen molar-refractivity contribution < 1.29 is 19.4 Å². The average Bonchev–Trinajstić information content (AvgIpc) is 2.16. The van der Waals surface area contributed by atoms with Gasteiger partial charge in [0.15, 0.2) is 0 Å². The lowest BCUT2D eigenvalue weighted by atomic mass is 9.99. The van der Waals surface area contributed by atoms with Gasteiger partial charge in [0.2, 0.25) is 0 Å². The van der Waals surface area contributed by atoms with Gasteiger partial charge in [0.25, 0.3) is 0 Å². The fraction of sp³-hybridized carbons (Fsp3) is 0.400. The summed E-state index contributed by atoms with van der Waals surface area (Å²) in [4.78, 5) is 22.1. The van der Waals surface area contributed by atoms with Crippen molar-refractivity contribution >= 4 is 11.9 Å². The first-order valence-electron chi connectivity index (χ1n) is 4.48. The van der Waals surface area contributed by atoms with Crippen molar-refractivity contribution in [1.82, 2.24) is 5.32 Å². The topological polar surface area (TPSA) is 75.6 Å². The lowest BCUT2D eigenvalue weighted by Gasteiger charge is -2.23. The number of aliphatic carboxylic acids is 1. The van der Waals surface area contributed by atoms with Crippen molar-refractivity contribution in [2.75, 3.05) is 7.11 Å². The summed E-state index contributed by atoms with van der Waals surface area (Å²) in [5, 5.41) is 11.8. The molecule has 0 aromatic carbocycles. The number of dihydropyridines is 1. The highest BCUT2D eigenvalue weighted by Crippen LogP contribution is 2.18. The Bertz CT molecular complexity index is 368. The molecule has 1 atom stereocenters.